The van der Waals surface area contributed by atoms with Gasteiger partial charge in [-0.2, -0.15) is 0 Å². The largest absolute Gasteiger partial charge is 0.497 e. The first-order valence-electron chi connectivity index (χ1n) is 13.0. The zero-order valence-electron chi connectivity index (χ0n) is 23.3. The van der Waals surface area contributed by atoms with Gasteiger partial charge in [0.25, 0.3) is 0 Å². The molecule has 0 aliphatic carbocycles. The van der Waals surface area contributed by atoms with Crippen LogP contribution in [0.1, 0.15) is 44.4 Å². The number of anilines is 1. The second kappa shape index (κ2) is 14.6. The molecule has 1 heterocycles. The van der Waals surface area contributed by atoms with Gasteiger partial charge in [0.05, 0.1) is 13.7 Å². The Morgan fingerprint density at radius 2 is 1.67 bits per heavy atom. The summed E-state index contributed by atoms with van der Waals surface area (Å²) in [4.78, 5) is 2.31. The third-order valence-electron chi connectivity index (χ3n) is 6.61. The molecule has 0 saturated heterocycles. The van der Waals surface area contributed by atoms with Gasteiger partial charge in [0.2, 0.25) is 5.90 Å². The molecular weight excluding hydrogens is 533 g/mol. The first kappa shape index (κ1) is 31.7. The number of likely N-dealkylation sites (N-methyl/N-ethyl adjacent to an activating group) is 1. The van der Waals surface area contributed by atoms with Crippen molar-refractivity contribution in [3.05, 3.63) is 101 Å². The van der Waals surface area contributed by atoms with Gasteiger partial charge < -0.3 is 24.9 Å². The van der Waals surface area contributed by atoms with E-state index in [0.29, 0.717) is 18.1 Å². The predicted molar refractivity (Wildman–Crippen MR) is 157 cm³/mol. The number of aliphatic hydroxyl groups is 1. The first-order chi connectivity index (χ1) is 18.2. The van der Waals surface area contributed by atoms with E-state index in [0.717, 1.165) is 24.5 Å². The number of methoxy groups -OCH3 is 1. The fourth-order valence-corrected chi connectivity index (χ4v) is 4.74. The Morgan fingerprint density at radius 3 is 2.21 bits per heavy atom. The average Bonchev–Trinajstić information content (AvgIpc) is 3.15. The molecule has 1 aliphatic heterocycles. The minimum Gasteiger partial charge on any atom is -0.497 e. The number of aliphatic hydroxyl groups excluding tert-OH is 1. The van der Waals surface area contributed by atoms with E-state index in [2.05, 4.69) is 69.0 Å². The number of benzene rings is 3. The minimum atomic E-state index is -0.416. The van der Waals surface area contributed by atoms with Crippen molar-refractivity contribution in [2.75, 3.05) is 25.2 Å². The van der Waals surface area contributed by atoms with Crippen LogP contribution in [0, 0.1) is 16.7 Å². The van der Waals surface area contributed by atoms with Crippen LogP contribution in [0.2, 0.25) is 0 Å². The molecule has 3 N–H and O–H groups in total. The van der Waals surface area contributed by atoms with E-state index in [9.17, 15) is 0 Å². The molecule has 1 radical (unpaired) electrons. The van der Waals surface area contributed by atoms with Crippen LogP contribution < -0.4 is 14.4 Å². The molecule has 1 unspecified atom stereocenters. The molecule has 7 heteroatoms. The number of allylic oxidation sites excluding steroid dienone is 2. The van der Waals surface area contributed by atoms with E-state index in [1.165, 1.54) is 28.7 Å². The Labute approximate surface area is 242 Å². The van der Waals surface area contributed by atoms with Crippen LogP contribution in [0.15, 0.2) is 84.6 Å². The van der Waals surface area contributed by atoms with Gasteiger partial charge in [-0.05, 0) is 85.9 Å². The molecule has 0 bridgehead atoms. The fourth-order valence-electron chi connectivity index (χ4n) is 4.74. The smallest absolute Gasteiger partial charge is 0.210 e. The van der Waals surface area contributed by atoms with Crippen LogP contribution >= 0.6 is 0 Å². The molecule has 39 heavy (non-hydrogen) atoms. The molecule has 4 rings (SSSR count). The van der Waals surface area contributed by atoms with Crippen LogP contribution in [0.25, 0.3) is 0 Å². The van der Waals surface area contributed by atoms with Crippen molar-refractivity contribution in [2.24, 2.45) is 5.92 Å². The third kappa shape index (κ3) is 7.74. The number of rotatable bonds is 9. The summed E-state index contributed by atoms with van der Waals surface area (Å²) in [7, 11) is 1.71. The number of fused-ring (bicyclic) bond motifs is 1. The summed E-state index contributed by atoms with van der Waals surface area (Å²) in [5.74, 6) is 1.72. The zero-order chi connectivity index (χ0) is 27.7. The standard InChI is InChI=1S/C21H24N2O.C11H15NO2.Co/c1-4-23-19-11-10-17(24-3)14-18(19)21(2,20(23)12-13-22)15-16-8-6-5-7-9-16;1-8(2)7-14-10-5-3-9(4-6-10)11(12)13;/h5-14,22H,4,15H2,1-3H3;3-6,8H,7H2,1-2H3,(H2,12,13);/b20-12-,22-13?;;. The monoisotopic (exact) mass is 572 g/mol. The zero-order valence-corrected chi connectivity index (χ0v) is 24.4. The summed E-state index contributed by atoms with van der Waals surface area (Å²) in [6.07, 6.45) is 4.22. The summed E-state index contributed by atoms with van der Waals surface area (Å²) in [5, 5.41) is 23.5. The topological polar surface area (TPSA) is 89.6 Å². The number of ether oxygens (including phenoxy) is 2. The van der Waals surface area contributed by atoms with E-state index in [4.69, 9.17) is 25.4 Å². The molecule has 3 aromatic carbocycles. The Balaban J connectivity index is 0.000000306. The SMILES string of the molecule is CC(C)COc1ccc(C(=N)O)cc1.CCN1/C(=C\C=N)C(C)(Cc2ccccc2)c2cc(OC)ccc21.[Co]. The van der Waals surface area contributed by atoms with E-state index >= 15 is 0 Å². The van der Waals surface area contributed by atoms with Crippen molar-refractivity contribution < 1.29 is 31.4 Å². The van der Waals surface area contributed by atoms with Crippen molar-refractivity contribution in [2.45, 2.75) is 39.5 Å². The summed E-state index contributed by atoms with van der Waals surface area (Å²) in [6.45, 7) is 10.1. The Bertz CT molecular complexity index is 1260. The molecule has 0 spiro atoms. The van der Waals surface area contributed by atoms with Gasteiger partial charge in [-0.1, -0.05) is 44.2 Å². The van der Waals surface area contributed by atoms with Gasteiger partial charge in [0, 0.05) is 51.9 Å². The molecule has 6 nitrogen and oxygen atoms in total. The van der Waals surface area contributed by atoms with E-state index in [1.807, 2.05) is 18.2 Å². The number of nitrogens with one attached hydrogen (secondary N) is 2. The Kier molecular flexibility index (Phi) is 11.8. The van der Waals surface area contributed by atoms with Crippen molar-refractivity contribution >= 4 is 17.8 Å². The number of hydrogen-bond acceptors (Lipinski definition) is 5. The van der Waals surface area contributed by atoms with Crippen molar-refractivity contribution in [3.63, 3.8) is 0 Å². The summed E-state index contributed by atoms with van der Waals surface area (Å²) in [6, 6.07) is 23.7. The Morgan fingerprint density at radius 1 is 1.03 bits per heavy atom. The summed E-state index contributed by atoms with van der Waals surface area (Å²) < 4.78 is 10.9. The Hall–Kier alpha value is -3.55. The first-order valence-corrected chi connectivity index (χ1v) is 13.0. The molecule has 0 saturated carbocycles. The molecule has 1 aliphatic rings. The van der Waals surface area contributed by atoms with Gasteiger partial charge in [0.1, 0.15) is 11.5 Å². The van der Waals surface area contributed by atoms with E-state index in [-0.39, 0.29) is 22.2 Å². The minimum absolute atomic E-state index is 0. The number of nitrogens with zero attached hydrogens (tertiary/aromatic N) is 1. The van der Waals surface area contributed by atoms with Crippen LogP contribution in [-0.4, -0.2) is 37.5 Å². The normalized spacial score (nSPS) is 16.6. The fraction of sp³-hybridized carbons (Fsp3) is 0.312. The van der Waals surface area contributed by atoms with Crippen molar-refractivity contribution in [1.29, 1.82) is 10.8 Å². The molecule has 0 fully saturated rings. The van der Waals surface area contributed by atoms with Crippen LogP contribution in [-0.2, 0) is 28.6 Å². The van der Waals surface area contributed by atoms with Gasteiger partial charge >= 0.3 is 0 Å². The van der Waals surface area contributed by atoms with E-state index < -0.39 is 5.90 Å². The van der Waals surface area contributed by atoms with Gasteiger partial charge in [-0.15, -0.1) is 0 Å². The quantitative estimate of drug-likeness (QED) is 0.187. The maximum Gasteiger partial charge on any atom is 0.210 e. The molecule has 3 aromatic rings. The van der Waals surface area contributed by atoms with Gasteiger partial charge in [0.15, 0.2) is 0 Å². The van der Waals surface area contributed by atoms with Crippen LogP contribution in [0.4, 0.5) is 5.69 Å². The summed E-state index contributed by atoms with van der Waals surface area (Å²) in [5.41, 5.74) is 5.26. The van der Waals surface area contributed by atoms with Crippen LogP contribution in [0.5, 0.6) is 11.5 Å². The van der Waals surface area contributed by atoms with Gasteiger partial charge in [-0.3, -0.25) is 5.41 Å². The summed E-state index contributed by atoms with van der Waals surface area (Å²) >= 11 is 0. The van der Waals surface area contributed by atoms with Crippen molar-refractivity contribution in [3.8, 4) is 11.5 Å². The molecule has 209 valence electrons. The maximum absolute atomic E-state index is 8.88. The molecular formula is C32H39CoN3O3. The third-order valence-corrected chi connectivity index (χ3v) is 6.61. The second-order valence-corrected chi connectivity index (χ2v) is 9.92. The van der Waals surface area contributed by atoms with Gasteiger partial charge in [-0.25, -0.2) is 0 Å². The molecule has 1 atom stereocenters. The van der Waals surface area contributed by atoms with E-state index in [1.54, 1.807) is 31.4 Å². The average molecular weight is 573 g/mol. The molecule has 0 amide bonds. The predicted octanol–water partition coefficient (Wildman–Crippen LogP) is 7.17. The van der Waals surface area contributed by atoms with Crippen molar-refractivity contribution in [1.82, 2.24) is 0 Å². The number of hydrogen-bond donors (Lipinski definition) is 3. The maximum atomic E-state index is 8.88. The molecule has 0 aromatic heterocycles. The van der Waals surface area contributed by atoms with Crippen LogP contribution in [0.3, 0.4) is 0 Å². The second-order valence-electron chi connectivity index (χ2n) is 9.92.